The van der Waals surface area contributed by atoms with Crippen LogP contribution in [0.4, 0.5) is 4.79 Å². The fourth-order valence-corrected chi connectivity index (χ4v) is 2.07. The van der Waals surface area contributed by atoms with Crippen LogP contribution in [-0.2, 0) is 4.74 Å². The summed E-state index contributed by atoms with van der Waals surface area (Å²) in [4.78, 5) is 10.8. The Morgan fingerprint density at radius 3 is 2.89 bits per heavy atom. The zero-order valence-corrected chi connectivity index (χ0v) is 11.2. The lowest BCUT2D eigenvalue weighted by molar-refractivity contribution is 0.231. The molecular weight excluding hydrogens is 230 g/mol. The lowest BCUT2D eigenvalue weighted by atomic mass is 9.81. The molecule has 0 saturated carbocycles. The van der Waals surface area contributed by atoms with E-state index < -0.39 is 6.03 Å². The summed E-state index contributed by atoms with van der Waals surface area (Å²) in [5.41, 5.74) is 12.0. The van der Waals surface area contributed by atoms with Gasteiger partial charge >= 0.3 is 6.03 Å². The van der Waals surface area contributed by atoms with Gasteiger partial charge in [0.05, 0.1) is 5.70 Å². The first-order chi connectivity index (χ1) is 8.35. The molecule has 0 aromatic carbocycles. The zero-order chi connectivity index (χ0) is 13.8. The Bertz CT molecular complexity index is 408. The molecule has 0 aromatic rings. The number of allylic oxidation sites excluding steroid dienone is 2. The summed E-state index contributed by atoms with van der Waals surface area (Å²) in [5, 5.41) is 0. The summed E-state index contributed by atoms with van der Waals surface area (Å²) in [5.74, 6) is 0.739. The average Bonchev–Trinajstić information content (AvgIpc) is 2.23. The first-order valence-electron chi connectivity index (χ1n) is 5.84. The molecule has 1 aliphatic carbocycles. The van der Waals surface area contributed by atoms with E-state index in [2.05, 4.69) is 31.3 Å². The van der Waals surface area contributed by atoms with Crippen LogP contribution in [0.1, 0.15) is 27.2 Å². The molecule has 4 N–H and O–H groups in total. The molecule has 5 heteroatoms. The number of ether oxygens (including phenoxy) is 1. The lowest BCUT2D eigenvalue weighted by Crippen LogP contribution is -2.42. The Hall–Kier alpha value is -1.91. The third-order valence-corrected chi connectivity index (χ3v) is 2.55. The van der Waals surface area contributed by atoms with Gasteiger partial charge in [-0.15, -0.1) is 0 Å². The Kier molecular flexibility index (Phi) is 4.42. The van der Waals surface area contributed by atoms with Gasteiger partial charge in [-0.25, -0.2) is 4.79 Å². The molecule has 1 aliphatic rings. The Morgan fingerprint density at radius 2 is 2.33 bits per heavy atom. The number of carbonyl (C=O) groups is 1. The molecule has 18 heavy (non-hydrogen) atoms. The Morgan fingerprint density at radius 1 is 1.67 bits per heavy atom. The maximum absolute atomic E-state index is 10.8. The second-order valence-electron chi connectivity index (χ2n) is 5.05. The Balaban J connectivity index is 2.91. The molecule has 0 atom stereocenters. The van der Waals surface area contributed by atoms with Crippen molar-refractivity contribution in [2.45, 2.75) is 27.2 Å². The smallest absolute Gasteiger partial charge is 0.330 e. The molecule has 0 fully saturated rings. The summed E-state index contributed by atoms with van der Waals surface area (Å²) < 4.78 is 5.62. The molecule has 0 aliphatic heterocycles. The second-order valence-corrected chi connectivity index (χ2v) is 5.05. The topological polar surface area (TPSA) is 76.4 Å². The highest BCUT2D eigenvalue weighted by atomic mass is 16.5. The largest absolute Gasteiger partial charge is 0.487 e. The number of nitrogens with two attached hydrogens (primary N) is 1. The number of urea groups is 1. The van der Waals surface area contributed by atoms with E-state index in [-0.39, 0.29) is 5.41 Å². The maximum atomic E-state index is 10.8. The van der Waals surface area contributed by atoms with Crippen molar-refractivity contribution < 1.29 is 9.53 Å². The van der Waals surface area contributed by atoms with Crippen molar-refractivity contribution in [3.63, 3.8) is 0 Å². The van der Waals surface area contributed by atoms with Gasteiger partial charge in [0.2, 0.25) is 0 Å². The van der Waals surface area contributed by atoms with Crippen molar-refractivity contribution in [2.24, 2.45) is 11.1 Å². The van der Waals surface area contributed by atoms with E-state index >= 15 is 0 Å². The number of hydrogen-bond donors (Lipinski definition) is 3. The predicted octanol–water partition coefficient (Wildman–Crippen LogP) is 1.95. The van der Waals surface area contributed by atoms with E-state index in [1.54, 1.807) is 6.08 Å². The summed E-state index contributed by atoms with van der Waals surface area (Å²) in [6, 6.07) is -0.639. The van der Waals surface area contributed by atoms with Crippen LogP contribution >= 0.6 is 0 Å². The standard InChI is InChI=1S/C13H21N3O2/c1-5-6-18-11-9(2)7-13(3,4)8-10(11)15-16-12(14)17/h5,8,15H,1,6-7H2,2-4H3,(H3,14,16,17). The maximum Gasteiger partial charge on any atom is 0.330 e. The molecular formula is C13H21N3O2. The number of hydrogen-bond acceptors (Lipinski definition) is 3. The van der Waals surface area contributed by atoms with Gasteiger partial charge < -0.3 is 10.5 Å². The molecule has 0 spiro atoms. The minimum atomic E-state index is -0.639. The van der Waals surface area contributed by atoms with Gasteiger partial charge in [-0.3, -0.25) is 10.9 Å². The van der Waals surface area contributed by atoms with Crippen LogP contribution in [0, 0.1) is 5.41 Å². The van der Waals surface area contributed by atoms with Gasteiger partial charge in [0.1, 0.15) is 12.4 Å². The minimum absolute atomic E-state index is 0.00673. The van der Waals surface area contributed by atoms with Crippen LogP contribution in [-0.4, -0.2) is 12.6 Å². The molecule has 5 nitrogen and oxygen atoms in total. The van der Waals surface area contributed by atoms with Crippen molar-refractivity contribution in [1.82, 2.24) is 10.9 Å². The fraction of sp³-hybridized carbons (Fsp3) is 0.462. The van der Waals surface area contributed by atoms with Crippen LogP contribution in [0.15, 0.2) is 35.8 Å². The average molecular weight is 251 g/mol. The van der Waals surface area contributed by atoms with Gasteiger partial charge in [0, 0.05) is 0 Å². The predicted molar refractivity (Wildman–Crippen MR) is 71.2 cm³/mol. The first kappa shape index (κ1) is 14.2. The third-order valence-electron chi connectivity index (χ3n) is 2.55. The summed E-state index contributed by atoms with van der Waals surface area (Å²) in [7, 11) is 0. The molecule has 2 amide bonds. The van der Waals surface area contributed by atoms with Gasteiger partial charge in [-0.1, -0.05) is 26.5 Å². The Labute approximate surface area is 108 Å². The quantitative estimate of drug-likeness (QED) is 0.516. The minimum Gasteiger partial charge on any atom is -0.487 e. The van der Waals surface area contributed by atoms with Crippen molar-refractivity contribution in [3.05, 3.63) is 35.8 Å². The van der Waals surface area contributed by atoms with E-state index in [9.17, 15) is 4.79 Å². The van der Waals surface area contributed by atoms with Gasteiger partial charge in [0.15, 0.2) is 0 Å². The number of primary amides is 1. The number of nitrogens with one attached hydrogen (secondary N) is 2. The SMILES string of the molecule is C=CCOC1=C(C)CC(C)(C)C=C1NNC(N)=O. The van der Waals surface area contributed by atoms with Gasteiger partial charge in [-0.2, -0.15) is 0 Å². The highest BCUT2D eigenvalue weighted by Crippen LogP contribution is 2.36. The highest BCUT2D eigenvalue weighted by Gasteiger charge is 2.26. The van der Waals surface area contributed by atoms with E-state index in [1.165, 1.54) is 0 Å². The van der Waals surface area contributed by atoms with Crippen molar-refractivity contribution >= 4 is 6.03 Å². The number of hydrazine groups is 1. The normalized spacial score (nSPS) is 17.8. The number of carbonyl (C=O) groups excluding carboxylic acids is 1. The zero-order valence-electron chi connectivity index (χ0n) is 11.2. The summed E-state index contributed by atoms with van der Waals surface area (Å²) >= 11 is 0. The fourth-order valence-electron chi connectivity index (χ4n) is 2.07. The molecule has 0 heterocycles. The molecule has 0 radical (unpaired) electrons. The molecule has 100 valence electrons. The van der Waals surface area contributed by atoms with Gasteiger partial charge in [0.25, 0.3) is 0 Å². The van der Waals surface area contributed by atoms with Crippen LogP contribution in [0.5, 0.6) is 0 Å². The van der Waals surface area contributed by atoms with Crippen LogP contribution < -0.4 is 16.6 Å². The number of amides is 2. The van der Waals surface area contributed by atoms with Gasteiger partial charge in [-0.05, 0) is 30.4 Å². The van der Waals surface area contributed by atoms with Crippen LogP contribution in [0.25, 0.3) is 0 Å². The van der Waals surface area contributed by atoms with Crippen LogP contribution in [0.3, 0.4) is 0 Å². The molecule has 0 unspecified atom stereocenters. The van der Waals surface area contributed by atoms with Crippen LogP contribution in [0.2, 0.25) is 0 Å². The second kappa shape index (κ2) is 5.62. The summed E-state index contributed by atoms with van der Waals surface area (Å²) in [6.07, 6.45) is 4.61. The summed E-state index contributed by atoms with van der Waals surface area (Å²) in [6.45, 7) is 10.3. The molecule has 0 saturated heterocycles. The van der Waals surface area contributed by atoms with Crippen molar-refractivity contribution in [3.8, 4) is 0 Å². The van der Waals surface area contributed by atoms with Crippen molar-refractivity contribution in [1.29, 1.82) is 0 Å². The van der Waals surface area contributed by atoms with Crippen molar-refractivity contribution in [2.75, 3.05) is 6.61 Å². The molecule has 1 rings (SSSR count). The third kappa shape index (κ3) is 3.84. The van der Waals surface area contributed by atoms with E-state index in [1.807, 2.05) is 13.0 Å². The van der Waals surface area contributed by atoms with E-state index in [0.717, 1.165) is 23.5 Å². The highest BCUT2D eigenvalue weighted by molar-refractivity contribution is 5.71. The lowest BCUT2D eigenvalue weighted by Gasteiger charge is -2.30. The molecule has 0 bridgehead atoms. The monoisotopic (exact) mass is 251 g/mol. The molecule has 0 aromatic heterocycles. The van der Waals surface area contributed by atoms with E-state index in [4.69, 9.17) is 10.5 Å². The van der Waals surface area contributed by atoms with E-state index in [0.29, 0.717) is 6.61 Å². The first-order valence-corrected chi connectivity index (χ1v) is 5.84. The number of rotatable bonds is 5.